The van der Waals surface area contributed by atoms with Crippen LogP contribution < -0.4 is 14.2 Å². The summed E-state index contributed by atoms with van der Waals surface area (Å²) in [6, 6.07) is 24.2. The molecule has 0 atom stereocenters. The van der Waals surface area contributed by atoms with E-state index in [0.29, 0.717) is 33.7 Å². The zero-order chi connectivity index (χ0) is 20.2. The van der Waals surface area contributed by atoms with Gasteiger partial charge in [-0.3, -0.25) is 0 Å². The third kappa shape index (κ3) is 3.62. The second-order valence-corrected chi connectivity index (χ2v) is 6.32. The Balaban J connectivity index is 1.83. The Kier molecular flexibility index (Phi) is 5.12. The minimum absolute atomic E-state index is 0.240. The Morgan fingerprint density at radius 1 is 0.793 bits per heavy atom. The number of hydrogen-bond acceptors (Lipinski definition) is 5. The van der Waals surface area contributed by atoms with Crippen LogP contribution in [0.2, 0.25) is 0 Å². The monoisotopic (exact) mass is 385 g/mol. The van der Waals surface area contributed by atoms with Gasteiger partial charge in [0, 0.05) is 10.9 Å². The highest BCUT2D eigenvalue weighted by atomic mass is 16.6. The van der Waals surface area contributed by atoms with E-state index in [-0.39, 0.29) is 5.75 Å². The molecule has 5 heteroatoms. The van der Waals surface area contributed by atoms with E-state index in [1.165, 1.54) is 14.2 Å². The zero-order valence-corrected chi connectivity index (χ0v) is 16.1. The lowest BCUT2D eigenvalue weighted by molar-refractivity contribution is 0.0726. The second kappa shape index (κ2) is 8.02. The number of pyridine rings is 1. The van der Waals surface area contributed by atoms with Crippen molar-refractivity contribution in [3.05, 3.63) is 84.4 Å². The quantitative estimate of drug-likeness (QED) is 0.352. The molecule has 5 nitrogen and oxygen atoms in total. The van der Waals surface area contributed by atoms with Crippen LogP contribution in [0, 0.1) is 0 Å². The van der Waals surface area contributed by atoms with Gasteiger partial charge < -0.3 is 14.2 Å². The highest BCUT2D eigenvalue weighted by Crippen LogP contribution is 2.37. The van der Waals surface area contributed by atoms with Gasteiger partial charge in [0.2, 0.25) is 5.75 Å². The number of fused-ring (bicyclic) bond motifs is 1. The van der Waals surface area contributed by atoms with Crippen LogP contribution in [0.3, 0.4) is 0 Å². The van der Waals surface area contributed by atoms with Crippen molar-refractivity contribution in [2.45, 2.75) is 0 Å². The molecule has 1 heterocycles. The molecule has 0 radical (unpaired) electrons. The highest BCUT2D eigenvalue weighted by Gasteiger charge is 2.20. The Labute approximate surface area is 168 Å². The molecule has 4 rings (SSSR count). The molecular formula is C24H19NO4. The van der Waals surface area contributed by atoms with Crippen LogP contribution in [0.15, 0.2) is 78.9 Å². The van der Waals surface area contributed by atoms with Gasteiger partial charge in [-0.2, -0.15) is 0 Å². The van der Waals surface area contributed by atoms with Crippen LogP contribution in [0.5, 0.6) is 17.2 Å². The maximum atomic E-state index is 13.2. The summed E-state index contributed by atoms with van der Waals surface area (Å²) in [7, 11) is 3.03. The van der Waals surface area contributed by atoms with E-state index in [1.807, 2.05) is 54.6 Å². The molecule has 0 unspecified atom stereocenters. The average Bonchev–Trinajstić information content (AvgIpc) is 2.79. The summed E-state index contributed by atoms with van der Waals surface area (Å²) < 4.78 is 16.4. The van der Waals surface area contributed by atoms with Gasteiger partial charge in [0.1, 0.15) is 0 Å². The molecule has 0 aliphatic rings. The van der Waals surface area contributed by atoms with Gasteiger partial charge in [-0.05, 0) is 24.3 Å². The fraction of sp³-hybridized carbons (Fsp3) is 0.0833. The Morgan fingerprint density at radius 2 is 1.45 bits per heavy atom. The molecule has 0 bridgehead atoms. The van der Waals surface area contributed by atoms with Gasteiger partial charge in [-0.1, -0.05) is 54.6 Å². The lowest BCUT2D eigenvalue weighted by Gasteiger charge is -2.14. The summed E-state index contributed by atoms with van der Waals surface area (Å²) in [5, 5.41) is 0.714. The normalized spacial score (nSPS) is 10.6. The van der Waals surface area contributed by atoms with Crippen LogP contribution in [-0.4, -0.2) is 25.2 Å². The third-order valence-electron chi connectivity index (χ3n) is 4.58. The van der Waals surface area contributed by atoms with Crippen molar-refractivity contribution >= 4 is 16.9 Å². The largest absolute Gasteiger partial charge is 0.493 e. The topological polar surface area (TPSA) is 57.7 Å². The molecular weight excluding hydrogens is 366 g/mol. The van der Waals surface area contributed by atoms with Crippen molar-refractivity contribution in [3.8, 4) is 28.5 Å². The van der Waals surface area contributed by atoms with Crippen molar-refractivity contribution in [2.24, 2.45) is 0 Å². The van der Waals surface area contributed by atoms with Crippen LogP contribution in [0.25, 0.3) is 22.2 Å². The van der Waals surface area contributed by atoms with E-state index in [2.05, 4.69) is 0 Å². The molecule has 0 spiro atoms. The van der Waals surface area contributed by atoms with Gasteiger partial charge in [0.25, 0.3) is 0 Å². The minimum Gasteiger partial charge on any atom is -0.493 e. The van der Waals surface area contributed by atoms with Crippen LogP contribution in [0.1, 0.15) is 10.4 Å². The predicted molar refractivity (Wildman–Crippen MR) is 112 cm³/mol. The first kappa shape index (κ1) is 18.5. The molecule has 144 valence electrons. The standard InChI is InChI=1S/C24H19NO4/c1-27-21-13-8-14-22(28-2)23(21)29-24(26)18-15-20(16-9-4-3-5-10-16)25-19-12-7-6-11-17(18)19/h3-15H,1-2H3. The van der Waals surface area contributed by atoms with Crippen LogP contribution in [-0.2, 0) is 0 Å². The van der Waals surface area contributed by atoms with Gasteiger partial charge in [-0.15, -0.1) is 0 Å². The van der Waals surface area contributed by atoms with Gasteiger partial charge in [-0.25, -0.2) is 9.78 Å². The molecule has 0 fully saturated rings. The van der Waals surface area contributed by atoms with Crippen molar-refractivity contribution in [1.82, 2.24) is 4.98 Å². The lowest BCUT2D eigenvalue weighted by atomic mass is 10.0. The molecule has 29 heavy (non-hydrogen) atoms. The fourth-order valence-corrected chi connectivity index (χ4v) is 3.17. The molecule has 0 saturated carbocycles. The van der Waals surface area contributed by atoms with E-state index in [0.717, 1.165) is 5.56 Å². The predicted octanol–water partition coefficient (Wildman–Crippen LogP) is 5.14. The first-order valence-corrected chi connectivity index (χ1v) is 9.09. The summed E-state index contributed by atoms with van der Waals surface area (Å²) in [5.41, 5.74) is 2.75. The van der Waals surface area contributed by atoms with Crippen molar-refractivity contribution < 1.29 is 19.0 Å². The summed E-state index contributed by atoms with van der Waals surface area (Å²) in [6.45, 7) is 0. The summed E-state index contributed by atoms with van der Waals surface area (Å²) >= 11 is 0. The SMILES string of the molecule is COc1cccc(OC)c1OC(=O)c1cc(-c2ccccc2)nc2ccccc12. The molecule has 4 aromatic rings. The average molecular weight is 385 g/mol. The smallest absolute Gasteiger partial charge is 0.344 e. The number of methoxy groups -OCH3 is 2. The maximum absolute atomic E-state index is 13.2. The lowest BCUT2D eigenvalue weighted by Crippen LogP contribution is -2.11. The summed E-state index contributed by atoms with van der Waals surface area (Å²) in [6.07, 6.45) is 0. The van der Waals surface area contributed by atoms with Gasteiger partial charge in [0.15, 0.2) is 11.5 Å². The Bertz CT molecular complexity index is 1150. The number of aromatic nitrogens is 1. The zero-order valence-electron chi connectivity index (χ0n) is 16.1. The molecule has 0 N–H and O–H groups in total. The number of carbonyl (C=O) groups excluding carboxylic acids is 1. The fourth-order valence-electron chi connectivity index (χ4n) is 3.17. The molecule has 0 aliphatic heterocycles. The molecule has 0 amide bonds. The third-order valence-corrected chi connectivity index (χ3v) is 4.58. The van der Waals surface area contributed by atoms with Crippen molar-refractivity contribution in [1.29, 1.82) is 0 Å². The number of rotatable bonds is 5. The summed E-state index contributed by atoms with van der Waals surface area (Å²) in [4.78, 5) is 17.9. The first-order chi connectivity index (χ1) is 14.2. The van der Waals surface area contributed by atoms with E-state index >= 15 is 0 Å². The number of nitrogens with zero attached hydrogens (tertiary/aromatic N) is 1. The Morgan fingerprint density at radius 3 is 2.14 bits per heavy atom. The Hall–Kier alpha value is -3.86. The van der Waals surface area contributed by atoms with E-state index in [4.69, 9.17) is 19.2 Å². The highest BCUT2D eigenvalue weighted by molar-refractivity contribution is 6.05. The maximum Gasteiger partial charge on any atom is 0.344 e. The van der Waals surface area contributed by atoms with Crippen LogP contribution >= 0.6 is 0 Å². The number of esters is 1. The van der Waals surface area contributed by atoms with Gasteiger partial charge >= 0.3 is 5.97 Å². The second-order valence-electron chi connectivity index (χ2n) is 6.32. The molecule has 1 aromatic heterocycles. The summed E-state index contributed by atoms with van der Waals surface area (Å²) in [5.74, 6) is 0.562. The van der Waals surface area contributed by atoms with Gasteiger partial charge in [0.05, 0.1) is 31.0 Å². The first-order valence-electron chi connectivity index (χ1n) is 9.09. The molecule has 3 aromatic carbocycles. The van der Waals surface area contributed by atoms with E-state index < -0.39 is 5.97 Å². The molecule has 0 aliphatic carbocycles. The number of hydrogen-bond donors (Lipinski definition) is 0. The number of benzene rings is 3. The van der Waals surface area contributed by atoms with Crippen molar-refractivity contribution in [2.75, 3.05) is 14.2 Å². The number of para-hydroxylation sites is 2. The van der Waals surface area contributed by atoms with E-state index in [9.17, 15) is 4.79 Å². The van der Waals surface area contributed by atoms with Crippen molar-refractivity contribution in [3.63, 3.8) is 0 Å². The number of carbonyl (C=O) groups is 1. The van der Waals surface area contributed by atoms with Crippen LogP contribution in [0.4, 0.5) is 0 Å². The van der Waals surface area contributed by atoms with E-state index in [1.54, 1.807) is 24.3 Å². The number of ether oxygens (including phenoxy) is 3. The molecule has 0 saturated heterocycles. The minimum atomic E-state index is -0.511.